The minimum absolute atomic E-state index is 0.0115. The Kier molecular flexibility index (Phi) is 9.30. The summed E-state index contributed by atoms with van der Waals surface area (Å²) in [7, 11) is -2.23. The van der Waals surface area contributed by atoms with Crippen LogP contribution in [0.25, 0.3) is 0 Å². The lowest BCUT2D eigenvalue weighted by Crippen LogP contribution is -2.41. The number of hydrogen-bond acceptors (Lipinski definition) is 8. The number of rotatable bonds is 13. The zero-order chi connectivity index (χ0) is 27.9. The number of aliphatic carboxylic acids is 1. The first-order valence-corrected chi connectivity index (χ1v) is 13.9. The van der Waals surface area contributed by atoms with Crippen LogP contribution in [-0.2, 0) is 28.4 Å². The van der Waals surface area contributed by atoms with Crippen molar-refractivity contribution in [3.8, 4) is 0 Å². The van der Waals surface area contributed by atoms with Crippen LogP contribution in [0.5, 0.6) is 0 Å². The molecule has 0 spiro atoms. The Labute approximate surface area is 224 Å². The summed E-state index contributed by atoms with van der Waals surface area (Å²) in [4.78, 5) is 24.4. The molecule has 0 fully saturated rings. The monoisotopic (exact) mass is 562 g/mol. The van der Waals surface area contributed by atoms with Crippen molar-refractivity contribution in [1.82, 2.24) is 20.4 Å². The molecule has 3 aromatic rings. The molecule has 15 heteroatoms. The highest BCUT2D eigenvalue weighted by Gasteiger charge is 2.25. The van der Waals surface area contributed by atoms with Gasteiger partial charge in [0.2, 0.25) is 0 Å². The number of nitrogens with two attached hydrogens (primary N) is 1. The van der Waals surface area contributed by atoms with Gasteiger partial charge in [-0.15, -0.1) is 11.3 Å². The van der Waals surface area contributed by atoms with Crippen LogP contribution >= 0.6 is 11.3 Å². The molecule has 0 saturated carbocycles. The predicted molar refractivity (Wildman–Crippen MR) is 145 cm³/mol. The van der Waals surface area contributed by atoms with Crippen molar-refractivity contribution in [2.45, 2.75) is 37.2 Å². The van der Waals surface area contributed by atoms with Gasteiger partial charge in [0.25, 0.3) is 15.9 Å². The number of hydrogen-bond donors (Lipinski definition) is 7. The summed E-state index contributed by atoms with van der Waals surface area (Å²) in [6.45, 7) is 2.60. The predicted octanol–water partition coefficient (Wildman–Crippen LogP) is 1.65. The lowest BCUT2D eigenvalue weighted by molar-refractivity contribution is -0.139. The molecule has 0 saturated heterocycles. The third-order valence-electron chi connectivity index (χ3n) is 5.42. The second-order valence-corrected chi connectivity index (χ2v) is 11.0. The molecule has 0 aliphatic rings. The zero-order valence-corrected chi connectivity index (χ0v) is 22.4. The molecule has 3 rings (SSSR count). The van der Waals surface area contributed by atoms with Crippen LogP contribution < -0.4 is 26.4 Å². The van der Waals surface area contributed by atoms with Gasteiger partial charge in [-0.1, -0.05) is 6.07 Å². The second-order valence-electron chi connectivity index (χ2n) is 8.40. The lowest BCUT2D eigenvalue weighted by atomic mass is 10.1. The molecule has 1 atom stereocenters. The number of carboxylic acids is 1. The van der Waals surface area contributed by atoms with Gasteiger partial charge in [0.15, 0.2) is 5.96 Å². The number of amides is 1. The van der Waals surface area contributed by atoms with Crippen molar-refractivity contribution in [3.05, 3.63) is 58.0 Å². The summed E-state index contributed by atoms with van der Waals surface area (Å²) in [5, 5.41) is 30.6. The molecule has 0 unspecified atom stereocenters. The maximum atomic E-state index is 13.1. The number of benzene rings is 1. The number of nitrogens with zero attached hydrogens (tertiary/aromatic N) is 2. The number of nitrogens with one attached hydrogen (secondary N) is 5. The van der Waals surface area contributed by atoms with Crippen molar-refractivity contribution in [1.29, 1.82) is 5.41 Å². The van der Waals surface area contributed by atoms with E-state index in [1.807, 2.05) is 20.0 Å². The van der Waals surface area contributed by atoms with E-state index in [9.17, 15) is 23.1 Å². The summed E-state index contributed by atoms with van der Waals surface area (Å²) < 4.78 is 30.4. The van der Waals surface area contributed by atoms with E-state index >= 15 is 0 Å². The number of carbonyl (C=O) groups is 2. The van der Waals surface area contributed by atoms with Crippen LogP contribution in [0.3, 0.4) is 0 Å². The topological polar surface area (TPSA) is 204 Å². The van der Waals surface area contributed by atoms with Crippen LogP contribution in [0.15, 0.2) is 46.7 Å². The molecule has 1 aromatic carbocycles. The molecule has 38 heavy (non-hydrogen) atoms. The van der Waals surface area contributed by atoms with Gasteiger partial charge in [-0.2, -0.15) is 5.10 Å². The zero-order valence-electron chi connectivity index (χ0n) is 20.8. The van der Waals surface area contributed by atoms with E-state index in [4.69, 9.17) is 11.1 Å². The Hall–Kier alpha value is -4.11. The first-order chi connectivity index (χ1) is 18.0. The molecule has 2 aromatic heterocycles. The Bertz CT molecular complexity index is 1420. The number of carbonyl (C=O) groups excluding carboxylic acids is 1. The smallest absolute Gasteiger partial charge is 0.326 e. The Balaban J connectivity index is 1.67. The van der Waals surface area contributed by atoms with Crippen molar-refractivity contribution in [2.24, 2.45) is 12.8 Å². The third kappa shape index (κ3) is 7.69. The van der Waals surface area contributed by atoms with Crippen LogP contribution in [-0.4, -0.2) is 53.7 Å². The van der Waals surface area contributed by atoms with Gasteiger partial charge in [0.05, 0.1) is 28.5 Å². The summed E-state index contributed by atoms with van der Waals surface area (Å²) in [5.41, 5.74) is 7.63. The molecule has 0 radical (unpaired) electrons. The maximum absolute atomic E-state index is 13.1. The first kappa shape index (κ1) is 28.5. The van der Waals surface area contributed by atoms with Gasteiger partial charge >= 0.3 is 5.97 Å². The molecule has 0 aliphatic heterocycles. The van der Waals surface area contributed by atoms with Crippen LogP contribution in [0.4, 0.5) is 11.4 Å². The molecular formula is C23H30N8O5S2. The summed E-state index contributed by atoms with van der Waals surface area (Å²) in [5.74, 6) is -2.18. The number of guanidine groups is 1. The van der Waals surface area contributed by atoms with Gasteiger partial charge in [0, 0.05) is 19.3 Å². The second kappa shape index (κ2) is 12.4. The van der Waals surface area contributed by atoms with Crippen molar-refractivity contribution in [3.63, 3.8) is 0 Å². The number of carboxylic acid groups (broad SMARTS) is 1. The van der Waals surface area contributed by atoms with Gasteiger partial charge in [-0.25, -0.2) is 13.2 Å². The van der Waals surface area contributed by atoms with Gasteiger partial charge < -0.3 is 26.8 Å². The first-order valence-electron chi connectivity index (χ1n) is 11.5. The van der Waals surface area contributed by atoms with Crippen LogP contribution in [0.2, 0.25) is 0 Å². The number of anilines is 2. The quantitative estimate of drug-likeness (QED) is 0.0917. The van der Waals surface area contributed by atoms with Gasteiger partial charge in [0.1, 0.15) is 10.9 Å². The summed E-state index contributed by atoms with van der Waals surface area (Å²) in [6.07, 6.45) is 0.428. The largest absolute Gasteiger partial charge is 0.480 e. The van der Waals surface area contributed by atoms with Crippen LogP contribution in [0.1, 0.15) is 33.9 Å². The summed E-state index contributed by atoms with van der Waals surface area (Å²) in [6, 6.07) is 8.42. The van der Waals surface area contributed by atoms with E-state index in [1.165, 1.54) is 23.6 Å². The molecule has 1 amide bonds. The number of sulfonamides is 1. The van der Waals surface area contributed by atoms with Crippen LogP contribution in [0, 0.1) is 12.3 Å². The van der Waals surface area contributed by atoms with Crippen molar-refractivity contribution in [2.75, 3.05) is 16.6 Å². The van der Waals surface area contributed by atoms with E-state index in [-0.39, 0.29) is 34.4 Å². The minimum Gasteiger partial charge on any atom is -0.480 e. The average molecular weight is 563 g/mol. The average Bonchev–Trinajstić information content (AvgIpc) is 3.44. The standard InChI is InChI=1S/C23H30N8O5S2/c1-14-11-16(31(2)29-14)13-27-15-5-3-6-17(12-15)38(35,36)30-18-8-10-37-20(18)21(32)28-19(22(33)34)7-4-9-26-23(24)25/h3,5-6,8,10-12,19,27,30H,4,7,9,13H2,1-2H3,(H,28,32)(H,33,34)(H4,24,25,26)/t19-/m0/s1. The molecule has 8 N–H and O–H groups in total. The van der Waals surface area contributed by atoms with Gasteiger partial charge in [-0.3, -0.25) is 19.6 Å². The van der Waals surface area contributed by atoms with E-state index in [0.29, 0.717) is 18.7 Å². The van der Waals surface area contributed by atoms with Gasteiger partial charge in [-0.05, 0) is 55.5 Å². The van der Waals surface area contributed by atoms with E-state index < -0.39 is 27.9 Å². The summed E-state index contributed by atoms with van der Waals surface area (Å²) >= 11 is 0.982. The molecule has 13 nitrogen and oxygen atoms in total. The SMILES string of the molecule is Cc1cc(CNc2cccc(S(=O)(=O)Nc3ccsc3C(=O)N[C@@H](CCCNC(=N)N)C(=O)O)c2)n(C)n1. The fraction of sp³-hybridized carbons (Fsp3) is 0.304. The van der Waals surface area contributed by atoms with Crippen molar-refractivity contribution >= 4 is 50.6 Å². The highest BCUT2D eigenvalue weighted by molar-refractivity contribution is 7.92. The third-order valence-corrected chi connectivity index (χ3v) is 7.70. The molecule has 204 valence electrons. The fourth-order valence-electron chi connectivity index (χ4n) is 3.58. The molecule has 0 bridgehead atoms. The highest BCUT2D eigenvalue weighted by Crippen LogP contribution is 2.26. The van der Waals surface area contributed by atoms with E-state index in [0.717, 1.165) is 22.7 Å². The Morgan fingerprint density at radius 3 is 2.68 bits per heavy atom. The van der Waals surface area contributed by atoms with Crippen molar-refractivity contribution < 1.29 is 23.1 Å². The number of aromatic nitrogens is 2. The van der Waals surface area contributed by atoms with E-state index in [1.54, 1.807) is 16.8 Å². The number of aryl methyl sites for hydroxylation is 2. The molecule has 0 aliphatic carbocycles. The molecule has 2 heterocycles. The lowest BCUT2D eigenvalue weighted by Gasteiger charge is -2.15. The maximum Gasteiger partial charge on any atom is 0.326 e. The Morgan fingerprint density at radius 2 is 2.03 bits per heavy atom. The fourth-order valence-corrected chi connectivity index (χ4v) is 5.51. The van der Waals surface area contributed by atoms with E-state index in [2.05, 4.69) is 25.8 Å². The number of thiophene rings is 1. The molecular weight excluding hydrogens is 532 g/mol. The Morgan fingerprint density at radius 1 is 1.26 bits per heavy atom. The normalized spacial score (nSPS) is 11.9. The minimum atomic E-state index is -4.06. The highest BCUT2D eigenvalue weighted by atomic mass is 32.2.